The van der Waals surface area contributed by atoms with Crippen molar-refractivity contribution in [1.82, 2.24) is 4.90 Å². The third-order valence-electron chi connectivity index (χ3n) is 2.90. The van der Waals surface area contributed by atoms with Crippen LogP contribution in [0.5, 0.6) is 0 Å². The number of thioether (sulfide) groups is 1. The summed E-state index contributed by atoms with van der Waals surface area (Å²) in [4.78, 5) is 14.1. The molecular formula is C13H15Cl2NOS. The smallest absolute Gasteiger partial charge is 0.226 e. The fraction of sp³-hybridized carbons (Fsp3) is 0.462. The molecule has 5 heteroatoms. The molecule has 1 unspecified atom stereocenters. The molecule has 0 aromatic heterocycles. The van der Waals surface area contributed by atoms with Gasteiger partial charge in [0.1, 0.15) is 5.37 Å². The number of hydrogen-bond acceptors (Lipinski definition) is 2. The highest BCUT2D eigenvalue weighted by Crippen LogP contribution is 2.42. The zero-order valence-corrected chi connectivity index (χ0v) is 12.6. The van der Waals surface area contributed by atoms with E-state index in [1.807, 2.05) is 30.9 Å². The Morgan fingerprint density at radius 3 is 2.78 bits per heavy atom. The molecule has 2 nitrogen and oxygen atoms in total. The first-order valence-electron chi connectivity index (χ1n) is 5.87. The maximum absolute atomic E-state index is 12.2. The number of carbonyl (C=O) groups is 1. The Morgan fingerprint density at radius 1 is 1.44 bits per heavy atom. The molecule has 1 aromatic rings. The van der Waals surface area contributed by atoms with Gasteiger partial charge in [-0.25, -0.2) is 0 Å². The predicted octanol–water partition coefficient (Wildman–Crippen LogP) is 4.22. The highest BCUT2D eigenvalue weighted by molar-refractivity contribution is 7.99. The van der Waals surface area contributed by atoms with Gasteiger partial charge in [0, 0.05) is 33.8 Å². The van der Waals surface area contributed by atoms with Gasteiger partial charge in [0.15, 0.2) is 0 Å². The molecule has 1 heterocycles. The topological polar surface area (TPSA) is 20.3 Å². The van der Waals surface area contributed by atoms with Crippen molar-refractivity contribution in [3.63, 3.8) is 0 Å². The molecule has 98 valence electrons. The molecule has 1 aliphatic rings. The average molecular weight is 304 g/mol. The van der Waals surface area contributed by atoms with Crippen LogP contribution in [-0.2, 0) is 4.79 Å². The quantitative estimate of drug-likeness (QED) is 0.815. The van der Waals surface area contributed by atoms with Gasteiger partial charge < -0.3 is 4.90 Å². The Morgan fingerprint density at radius 2 is 2.17 bits per heavy atom. The van der Waals surface area contributed by atoms with Crippen LogP contribution >= 0.6 is 35.0 Å². The lowest BCUT2D eigenvalue weighted by Gasteiger charge is -2.26. The molecule has 0 aliphatic carbocycles. The van der Waals surface area contributed by atoms with Crippen LogP contribution in [-0.4, -0.2) is 23.1 Å². The second-order valence-corrected chi connectivity index (χ2v) is 6.61. The number of nitrogens with zero attached hydrogens (tertiary/aromatic N) is 1. The first kappa shape index (κ1) is 14.0. The van der Waals surface area contributed by atoms with Gasteiger partial charge in [-0.3, -0.25) is 4.79 Å². The van der Waals surface area contributed by atoms with Gasteiger partial charge in [-0.2, -0.15) is 0 Å². The Kier molecular flexibility index (Phi) is 4.46. The summed E-state index contributed by atoms with van der Waals surface area (Å²) in [5, 5.41) is 1.27. The van der Waals surface area contributed by atoms with Gasteiger partial charge >= 0.3 is 0 Å². The summed E-state index contributed by atoms with van der Waals surface area (Å²) in [5.41, 5.74) is 0.970. The molecule has 18 heavy (non-hydrogen) atoms. The molecule has 1 atom stereocenters. The highest BCUT2D eigenvalue weighted by atomic mass is 35.5. The molecule has 1 amide bonds. The molecule has 1 aromatic carbocycles. The number of benzene rings is 1. The Hall–Kier alpha value is -0.380. The lowest BCUT2D eigenvalue weighted by atomic mass is 10.1. The van der Waals surface area contributed by atoms with E-state index in [9.17, 15) is 4.79 Å². The zero-order chi connectivity index (χ0) is 13.3. The summed E-state index contributed by atoms with van der Waals surface area (Å²) in [6, 6.07) is 5.46. The van der Waals surface area contributed by atoms with Crippen molar-refractivity contribution in [3.8, 4) is 0 Å². The van der Waals surface area contributed by atoms with Crippen LogP contribution in [0.25, 0.3) is 0 Å². The molecule has 1 aliphatic heterocycles. The first-order valence-corrected chi connectivity index (χ1v) is 7.68. The van der Waals surface area contributed by atoms with Crippen molar-refractivity contribution in [2.75, 3.05) is 12.3 Å². The van der Waals surface area contributed by atoms with Crippen molar-refractivity contribution in [2.45, 2.75) is 19.2 Å². The number of carbonyl (C=O) groups excluding carboxylic acids is 1. The molecule has 2 rings (SSSR count). The average Bonchev–Trinajstić information content (AvgIpc) is 2.76. The predicted molar refractivity (Wildman–Crippen MR) is 78.2 cm³/mol. The SMILES string of the molecule is CC(C)C(=O)N1CCSC1c1ccc(Cl)cc1Cl. The summed E-state index contributed by atoms with van der Waals surface area (Å²) in [6.45, 7) is 4.63. The number of hydrogen-bond donors (Lipinski definition) is 0. The van der Waals surface area contributed by atoms with E-state index < -0.39 is 0 Å². The van der Waals surface area contributed by atoms with Crippen molar-refractivity contribution in [3.05, 3.63) is 33.8 Å². The van der Waals surface area contributed by atoms with Gasteiger partial charge in [0.2, 0.25) is 5.91 Å². The summed E-state index contributed by atoms with van der Waals surface area (Å²) < 4.78 is 0. The summed E-state index contributed by atoms with van der Waals surface area (Å²) in [5.74, 6) is 1.13. The second-order valence-electron chi connectivity index (χ2n) is 4.58. The monoisotopic (exact) mass is 303 g/mol. The minimum absolute atomic E-state index is 0.0114. The van der Waals surface area contributed by atoms with Gasteiger partial charge in [-0.05, 0) is 12.1 Å². The molecule has 0 spiro atoms. The van der Waals surface area contributed by atoms with E-state index in [-0.39, 0.29) is 17.2 Å². The number of halogens is 2. The Balaban J connectivity index is 2.29. The number of rotatable bonds is 2. The number of amides is 1. The lowest BCUT2D eigenvalue weighted by molar-refractivity contribution is -0.134. The van der Waals surface area contributed by atoms with Crippen LogP contribution < -0.4 is 0 Å². The normalized spacial score (nSPS) is 19.6. The Labute approximate surface area is 122 Å². The van der Waals surface area contributed by atoms with Crippen LogP contribution in [0.1, 0.15) is 24.8 Å². The second kappa shape index (κ2) is 5.72. The van der Waals surface area contributed by atoms with Crippen LogP contribution in [0.15, 0.2) is 18.2 Å². The van der Waals surface area contributed by atoms with E-state index in [1.54, 1.807) is 17.8 Å². The van der Waals surface area contributed by atoms with E-state index in [2.05, 4.69) is 0 Å². The maximum Gasteiger partial charge on any atom is 0.226 e. The van der Waals surface area contributed by atoms with Crippen molar-refractivity contribution < 1.29 is 4.79 Å². The van der Waals surface area contributed by atoms with E-state index in [0.717, 1.165) is 17.9 Å². The Bertz CT molecular complexity index is 464. The van der Waals surface area contributed by atoms with E-state index in [4.69, 9.17) is 23.2 Å². The third-order valence-corrected chi connectivity index (χ3v) is 4.70. The largest absolute Gasteiger partial charge is 0.325 e. The van der Waals surface area contributed by atoms with Crippen LogP contribution in [0.3, 0.4) is 0 Å². The molecule has 0 radical (unpaired) electrons. The van der Waals surface area contributed by atoms with E-state index in [0.29, 0.717) is 10.0 Å². The van der Waals surface area contributed by atoms with Crippen LogP contribution in [0.4, 0.5) is 0 Å². The van der Waals surface area contributed by atoms with Crippen molar-refractivity contribution in [1.29, 1.82) is 0 Å². The third kappa shape index (κ3) is 2.79. The summed E-state index contributed by atoms with van der Waals surface area (Å²) in [7, 11) is 0. The van der Waals surface area contributed by atoms with E-state index >= 15 is 0 Å². The summed E-state index contributed by atoms with van der Waals surface area (Å²) >= 11 is 13.9. The molecule has 0 saturated carbocycles. The zero-order valence-electron chi connectivity index (χ0n) is 10.3. The fourth-order valence-corrected chi connectivity index (χ4v) is 3.86. The van der Waals surface area contributed by atoms with E-state index in [1.165, 1.54) is 0 Å². The van der Waals surface area contributed by atoms with Gasteiger partial charge in [0.05, 0.1) is 0 Å². The molecule has 0 N–H and O–H groups in total. The van der Waals surface area contributed by atoms with Crippen molar-refractivity contribution in [2.24, 2.45) is 5.92 Å². The minimum atomic E-state index is 0.0114. The van der Waals surface area contributed by atoms with Crippen LogP contribution in [0, 0.1) is 5.92 Å². The molecular weight excluding hydrogens is 289 g/mol. The molecule has 1 saturated heterocycles. The van der Waals surface area contributed by atoms with Crippen LogP contribution in [0.2, 0.25) is 10.0 Å². The van der Waals surface area contributed by atoms with Gasteiger partial charge in [-0.15, -0.1) is 11.8 Å². The molecule has 0 bridgehead atoms. The van der Waals surface area contributed by atoms with Gasteiger partial charge in [-0.1, -0.05) is 43.1 Å². The maximum atomic E-state index is 12.2. The van der Waals surface area contributed by atoms with Crippen molar-refractivity contribution >= 4 is 40.9 Å². The highest BCUT2D eigenvalue weighted by Gasteiger charge is 2.32. The fourth-order valence-electron chi connectivity index (χ4n) is 1.99. The van der Waals surface area contributed by atoms with Gasteiger partial charge in [0.25, 0.3) is 0 Å². The summed E-state index contributed by atoms with van der Waals surface area (Å²) in [6.07, 6.45) is 0. The minimum Gasteiger partial charge on any atom is -0.325 e. The lowest BCUT2D eigenvalue weighted by Crippen LogP contribution is -2.33. The molecule has 1 fully saturated rings. The standard InChI is InChI=1S/C13H15Cl2NOS/c1-8(2)12(17)16-5-6-18-13(16)10-4-3-9(14)7-11(10)15/h3-4,7-8,13H,5-6H2,1-2H3. The first-order chi connectivity index (χ1) is 8.50.